The molecule has 2 aliphatic rings. The van der Waals surface area contributed by atoms with Crippen molar-refractivity contribution in [1.82, 2.24) is 15.0 Å². The fraction of sp³-hybridized carbons (Fsp3) is 0.550. The number of nitrogens with zero attached hydrogens (tertiary/aromatic N) is 4. The Morgan fingerprint density at radius 1 is 1.27 bits per heavy atom. The molecule has 6 nitrogen and oxygen atoms in total. The number of aromatic nitrogens is 2. The highest BCUT2D eigenvalue weighted by Crippen LogP contribution is 2.27. The van der Waals surface area contributed by atoms with Crippen LogP contribution in [0.15, 0.2) is 22.7 Å². The predicted molar refractivity (Wildman–Crippen MR) is 99.4 cm³/mol. The minimum atomic E-state index is -0.0130. The van der Waals surface area contributed by atoms with Gasteiger partial charge in [0.1, 0.15) is 11.6 Å². The van der Waals surface area contributed by atoms with Gasteiger partial charge in [0.05, 0.1) is 0 Å². The normalized spacial score (nSPS) is 19.9. The summed E-state index contributed by atoms with van der Waals surface area (Å²) in [6.07, 6.45) is 6.08. The van der Waals surface area contributed by atoms with Gasteiger partial charge in [-0.05, 0) is 51.2 Å². The molecular weight excluding hydrogens is 328 g/mol. The molecule has 1 atom stereocenters. The van der Waals surface area contributed by atoms with Crippen LogP contribution in [0.25, 0.3) is 0 Å². The Balaban J connectivity index is 1.49. The number of aryl methyl sites for hydroxylation is 2. The van der Waals surface area contributed by atoms with Crippen LogP contribution in [0.4, 0.5) is 5.82 Å². The summed E-state index contributed by atoms with van der Waals surface area (Å²) in [5.74, 6) is 1.89. The maximum Gasteiger partial charge on any atom is 0.276 e. The molecule has 4 rings (SSSR count). The van der Waals surface area contributed by atoms with E-state index in [-0.39, 0.29) is 11.9 Å². The fourth-order valence-corrected chi connectivity index (χ4v) is 4.07. The zero-order valence-electron chi connectivity index (χ0n) is 15.6. The summed E-state index contributed by atoms with van der Waals surface area (Å²) in [4.78, 5) is 21.8. The Kier molecular flexibility index (Phi) is 4.66. The molecule has 1 amide bonds. The summed E-state index contributed by atoms with van der Waals surface area (Å²) in [6.45, 7) is 3.79. The van der Waals surface area contributed by atoms with Gasteiger partial charge in [0.25, 0.3) is 5.91 Å². The Labute approximate surface area is 154 Å². The van der Waals surface area contributed by atoms with Crippen molar-refractivity contribution in [2.75, 3.05) is 25.0 Å². The number of rotatable bonds is 3. The first-order valence-corrected chi connectivity index (χ1v) is 9.56. The number of hydrogen-bond acceptors (Lipinski definition) is 5. The molecule has 1 aliphatic carbocycles. The summed E-state index contributed by atoms with van der Waals surface area (Å²) < 4.78 is 5.43. The van der Waals surface area contributed by atoms with Gasteiger partial charge in [0, 0.05) is 43.9 Å². The van der Waals surface area contributed by atoms with Gasteiger partial charge < -0.3 is 14.3 Å². The second-order valence-electron chi connectivity index (χ2n) is 7.44. The van der Waals surface area contributed by atoms with E-state index in [9.17, 15) is 4.79 Å². The Morgan fingerprint density at radius 3 is 2.96 bits per heavy atom. The van der Waals surface area contributed by atoms with Crippen LogP contribution >= 0.6 is 0 Å². The van der Waals surface area contributed by atoms with Crippen LogP contribution in [0, 0.1) is 6.92 Å². The Morgan fingerprint density at radius 2 is 2.12 bits per heavy atom. The van der Waals surface area contributed by atoms with Crippen LogP contribution in [-0.2, 0) is 12.8 Å². The molecule has 138 valence electrons. The average Bonchev–Trinajstić information content (AvgIpc) is 3.11. The zero-order chi connectivity index (χ0) is 18.1. The van der Waals surface area contributed by atoms with Crippen LogP contribution in [0.1, 0.15) is 53.2 Å². The van der Waals surface area contributed by atoms with E-state index in [1.165, 1.54) is 0 Å². The van der Waals surface area contributed by atoms with E-state index in [4.69, 9.17) is 4.52 Å². The molecule has 2 aromatic rings. The Hall–Kier alpha value is -2.37. The number of amides is 1. The van der Waals surface area contributed by atoms with Crippen molar-refractivity contribution in [3.8, 4) is 0 Å². The van der Waals surface area contributed by atoms with E-state index in [1.807, 2.05) is 37.1 Å². The third kappa shape index (κ3) is 3.20. The minimum Gasteiger partial charge on any atom is -0.360 e. The highest BCUT2D eigenvalue weighted by atomic mass is 16.5. The average molecular weight is 354 g/mol. The quantitative estimate of drug-likeness (QED) is 0.848. The molecule has 1 aliphatic heterocycles. The number of hydrogen-bond donors (Lipinski definition) is 0. The van der Waals surface area contributed by atoms with Crippen molar-refractivity contribution in [2.24, 2.45) is 0 Å². The molecule has 0 bridgehead atoms. The van der Waals surface area contributed by atoms with Gasteiger partial charge in [0.2, 0.25) is 0 Å². The van der Waals surface area contributed by atoms with Gasteiger partial charge in [-0.2, -0.15) is 0 Å². The maximum absolute atomic E-state index is 13.0. The summed E-state index contributed by atoms with van der Waals surface area (Å²) in [5.41, 5.74) is 2.57. The summed E-state index contributed by atoms with van der Waals surface area (Å²) >= 11 is 0. The molecule has 0 spiro atoms. The first kappa shape index (κ1) is 17.1. The predicted octanol–water partition coefficient (Wildman–Crippen LogP) is 3.00. The fourth-order valence-electron chi connectivity index (χ4n) is 4.07. The molecule has 1 fully saturated rings. The topological polar surface area (TPSA) is 62.5 Å². The van der Waals surface area contributed by atoms with Crippen LogP contribution in [0.2, 0.25) is 0 Å². The SMILES string of the molecule is Cc1cccc(N2CCCC(N(C)C(=O)c3noc4c3CCCC4)C2)n1. The number of piperidine rings is 1. The van der Waals surface area contributed by atoms with Gasteiger partial charge in [-0.1, -0.05) is 11.2 Å². The molecule has 3 heterocycles. The number of carbonyl (C=O) groups is 1. The van der Waals surface area contributed by atoms with Crippen LogP contribution in [0.5, 0.6) is 0 Å². The lowest BCUT2D eigenvalue weighted by Crippen LogP contribution is -2.49. The van der Waals surface area contributed by atoms with Crippen molar-refractivity contribution in [3.63, 3.8) is 0 Å². The molecule has 26 heavy (non-hydrogen) atoms. The molecule has 1 unspecified atom stereocenters. The molecule has 0 N–H and O–H groups in total. The van der Waals surface area contributed by atoms with Gasteiger partial charge in [-0.25, -0.2) is 4.98 Å². The van der Waals surface area contributed by atoms with Gasteiger partial charge in [-0.3, -0.25) is 4.79 Å². The van der Waals surface area contributed by atoms with E-state index in [0.29, 0.717) is 5.69 Å². The monoisotopic (exact) mass is 354 g/mol. The number of likely N-dealkylation sites (N-methyl/N-ethyl adjacent to an activating group) is 1. The number of carbonyl (C=O) groups excluding carboxylic acids is 1. The van der Waals surface area contributed by atoms with Crippen molar-refractivity contribution in [2.45, 2.75) is 51.5 Å². The van der Waals surface area contributed by atoms with Gasteiger partial charge >= 0.3 is 0 Å². The number of fused-ring (bicyclic) bond motifs is 1. The highest BCUT2D eigenvalue weighted by Gasteiger charge is 2.31. The summed E-state index contributed by atoms with van der Waals surface area (Å²) in [6, 6.07) is 6.26. The molecule has 1 saturated heterocycles. The van der Waals surface area contributed by atoms with E-state index < -0.39 is 0 Å². The van der Waals surface area contributed by atoms with Crippen LogP contribution in [-0.4, -0.2) is 47.1 Å². The molecule has 0 aromatic carbocycles. The third-order valence-electron chi connectivity index (χ3n) is 5.61. The van der Waals surface area contributed by atoms with Crippen molar-refractivity contribution >= 4 is 11.7 Å². The molecular formula is C20H26N4O2. The molecule has 0 radical (unpaired) electrons. The lowest BCUT2D eigenvalue weighted by atomic mass is 9.95. The van der Waals surface area contributed by atoms with Crippen molar-refractivity contribution < 1.29 is 9.32 Å². The zero-order valence-corrected chi connectivity index (χ0v) is 15.6. The third-order valence-corrected chi connectivity index (χ3v) is 5.61. The second kappa shape index (κ2) is 7.09. The largest absolute Gasteiger partial charge is 0.360 e. The molecule has 6 heteroatoms. The van der Waals surface area contributed by atoms with E-state index in [0.717, 1.165) is 74.4 Å². The van der Waals surface area contributed by atoms with Crippen LogP contribution < -0.4 is 4.90 Å². The first-order valence-electron chi connectivity index (χ1n) is 9.56. The standard InChI is InChI=1S/C20H26N4O2/c1-14-7-5-11-18(21-14)24-12-6-8-15(13-24)23(2)20(25)19-16-9-3-4-10-17(16)26-22-19/h5,7,11,15H,3-4,6,8-10,12-13H2,1-2H3. The molecule has 0 saturated carbocycles. The van der Waals surface area contributed by atoms with Crippen molar-refractivity contribution in [1.29, 1.82) is 0 Å². The lowest BCUT2D eigenvalue weighted by molar-refractivity contribution is 0.0706. The van der Waals surface area contributed by atoms with E-state index in [2.05, 4.69) is 15.0 Å². The summed E-state index contributed by atoms with van der Waals surface area (Å²) in [5, 5.41) is 4.11. The second-order valence-corrected chi connectivity index (χ2v) is 7.44. The first-order chi connectivity index (χ1) is 12.6. The number of pyridine rings is 1. The maximum atomic E-state index is 13.0. The van der Waals surface area contributed by atoms with E-state index >= 15 is 0 Å². The smallest absolute Gasteiger partial charge is 0.276 e. The van der Waals surface area contributed by atoms with Gasteiger partial charge in [0.15, 0.2) is 5.69 Å². The van der Waals surface area contributed by atoms with Crippen LogP contribution in [0.3, 0.4) is 0 Å². The highest BCUT2D eigenvalue weighted by molar-refractivity contribution is 5.94. The number of anilines is 1. The van der Waals surface area contributed by atoms with Crippen molar-refractivity contribution in [3.05, 3.63) is 40.9 Å². The summed E-state index contributed by atoms with van der Waals surface area (Å²) in [7, 11) is 1.89. The Bertz CT molecular complexity index is 801. The molecule has 2 aromatic heterocycles. The lowest BCUT2D eigenvalue weighted by Gasteiger charge is -2.38. The minimum absolute atomic E-state index is 0.0130. The van der Waals surface area contributed by atoms with E-state index in [1.54, 1.807) is 0 Å². The van der Waals surface area contributed by atoms with Gasteiger partial charge in [-0.15, -0.1) is 0 Å².